The minimum absolute atomic E-state index is 0.129. The number of nitrogens with one attached hydrogen (secondary N) is 2. The summed E-state index contributed by atoms with van der Waals surface area (Å²) in [6, 6.07) is 5.54. The number of anilines is 1. The summed E-state index contributed by atoms with van der Waals surface area (Å²) in [7, 11) is 0. The average molecular weight is 391 g/mol. The molecular formula is C18H21N3O5S. The van der Waals surface area contributed by atoms with Gasteiger partial charge in [-0.25, -0.2) is 9.78 Å². The molecule has 9 heteroatoms. The zero-order valence-corrected chi connectivity index (χ0v) is 15.9. The molecule has 8 nitrogen and oxygen atoms in total. The largest absolute Gasteiger partial charge is 0.454 e. The second-order valence-electron chi connectivity index (χ2n) is 6.40. The number of amides is 2. The second kappa shape index (κ2) is 8.72. The molecular weight excluding hydrogens is 370 g/mol. The van der Waals surface area contributed by atoms with Gasteiger partial charge in [-0.2, -0.15) is 0 Å². The van der Waals surface area contributed by atoms with Crippen molar-refractivity contribution in [3.8, 4) is 11.5 Å². The van der Waals surface area contributed by atoms with E-state index in [-0.39, 0.29) is 25.0 Å². The molecule has 0 saturated heterocycles. The van der Waals surface area contributed by atoms with E-state index in [2.05, 4.69) is 15.6 Å². The first-order chi connectivity index (χ1) is 13.0. The van der Waals surface area contributed by atoms with Crippen LogP contribution in [0.25, 0.3) is 0 Å². The standard InChI is InChI=1S/C18H21N3O5S/c1-11(2)8-24-18(23)21-17-20-13(9-27-17)6-16(22)19-7-12-3-4-14-15(5-12)26-10-25-14/h3-5,9,11H,6-8,10H2,1-2H3,(H,19,22)(H,20,21,23). The van der Waals surface area contributed by atoms with Crippen molar-refractivity contribution in [1.82, 2.24) is 10.3 Å². The van der Waals surface area contributed by atoms with Gasteiger partial charge in [0.15, 0.2) is 16.6 Å². The van der Waals surface area contributed by atoms with E-state index >= 15 is 0 Å². The number of fused-ring (bicyclic) bond motifs is 1. The molecule has 0 radical (unpaired) electrons. The maximum Gasteiger partial charge on any atom is 0.413 e. The molecule has 0 unspecified atom stereocenters. The van der Waals surface area contributed by atoms with Gasteiger partial charge in [0.25, 0.3) is 0 Å². The van der Waals surface area contributed by atoms with Gasteiger partial charge in [-0.1, -0.05) is 19.9 Å². The lowest BCUT2D eigenvalue weighted by atomic mass is 10.2. The van der Waals surface area contributed by atoms with E-state index in [1.165, 1.54) is 11.3 Å². The molecule has 144 valence electrons. The molecule has 0 spiro atoms. The van der Waals surface area contributed by atoms with Gasteiger partial charge in [-0.05, 0) is 23.6 Å². The Labute approximate surface area is 160 Å². The molecule has 0 bridgehead atoms. The molecule has 0 atom stereocenters. The molecule has 1 aliphatic heterocycles. The van der Waals surface area contributed by atoms with Crippen LogP contribution in [-0.4, -0.2) is 30.4 Å². The number of benzene rings is 1. The number of carbonyl (C=O) groups excluding carboxylic acids is 2. The van der Waals surface area contributed by atoms with Gasteiger partial charge in [-0.3, -0.25) is 10.1 Å². The quantitative estimate of drug-likeness (QED) is 0.753. The van der Waals surface area contributed by atoms with Gasteiger partial charge in [0.2, 0.25) is 12.7 Å². The summed E-state index contributed by atoms with van der Waals surface area (Å²) in [4.78, 5) is 28.0. The number of hydrogen-bond donors (Lipinski definition) is 2. The van der Waals surface area contributed by atoms with Crippen molar-refractivity contribution in [1.29, 1.82) is 0 Å². The number of ether oxygens (including phenoxy) is 3. The van der Waals surface area contributed by atoms with Crippen molar-refractivity contribution in [3.63, 3.8) is 0 Å². The van der Waals surface area contributed by atoms with Crippen LogP contribution in [-0.2, 0) is 22.5 Å². The van der Waals surface area contributed by atoms with Crippen molar-refractivity contribution >= 4 is 28.5 Å². The molecule has 27 heavy (non-hydrogen) atoms. The van der Waals surface area contributed by atoms with Crippen molar-refractivity contribution in [2.45, 2.75) is 26.8 Å². The third kappa shape index (κ3) is 5.58. The van der Waals surface area contributed by atoms with Crippen LogP contribution in [0.3, 0.4) is 0 Å². The zero-order valence-electron chi connectivity index (χ0n) is 15.1. The Hall–Kier alpha value is -2.81. The van der Waals surface area contributed by atoms with Crippen LogP contribution in [0, 0.1) is 5.92 Å². The first-order valence-corrected chi connectivity index (χ1v) is 9.41. The monoisotopic (exact) mass is 391 g/mol. The van der Waals surface area contributed by atoms with Crippen LogP contribution in [0.4, 0.5) is 9.93 Å². The summed E-state index contributed by atoms with van der Waals surface area (Å²) in [5, 5.41) is 7.54. The molecule has 0 saturated carbocycles. The topological polar surface area (TPSA) is 98.8 Å². The SMILES string of the molecule is CC(C)COC(=O)Nc1nc(CC(=O)NCc2ccc3c(c2)OCO3)cs1. The van der Waals surface area contributed by atoms with E-state index in [9.17, 15) is 9.59 Å². The fourth-order valence-corrected chi connectivity index (χ4v) is 2.99. The van der Waals surface area contributed by atoms with Crippen molar-refractivity contribution in [3.05, 3.63) is 34.8 Å². The first-order valence-electron chi connectivity index (χ1n) is 8.53. The lowest BCUT2D eigenvalue weighted by Gasteiger charge is -2.06. The number of rotatable bonds is 7. The lowest BCUT2D eigenvalue weighted by molar-refractivity contribution is -0.120. The number of thiazole rings is 1. The number of hydrogen-bond acceptors (Lipinski definition) is 7. The molecule has 0 fully saturated rings. The van der Waals surface area contributed by atoms with Crippen LogP contribution in [0.1, 0.15) is 25.1 Å². The highest BCUT2D eigenvalue weighted by molar-refractivity contribution is 7.13. The highest BCUT2D eigenvalue weighted by Gasteiger charge is 2.14. The molecule has 2 amide bonds. The normalized spacial score (nSPS) is 12.1. The summed E-state index contributed by atoms with van der Waals surface area (Å²) in [5.74, 6) is 1.49. The number of aromatic nitrogens is 1. The van der Waals surface area contributed by atoms with E-state index in [0.29, 0.717) is 35.5 Å². The fraction of sp³-hybridized carbons (Fsp3) is 0.389. The Kier molecular flexibility index (Phi) is 6.12. The van der Waals surface area contributed by atoms with Gasteiger partial charge >= 0.3 is 6.09 Å². The molecule has 0 aliphatic carbocycles. The third-order valence-corrected chi connectivity index (χ3v) is 4.38. The Morgan fingerprint density at radius 3 is 2.93 bits per heavy atom. The maximum absolute atomic E-state index is 12.1. The molecule has 3 rings (SSSR count). The molecule has 2 N–H and O–H groups in total. The summed E-state index contributed by atoms with van der Waals surface area (Å²) in [5.41, 5.74) is 1.50. The predicted octanol–water partition coefficient (Wildman–Crippen LogP) is 2.94. The smallest absolute Gasteiger partial charge is 0.413 e. The minimum Gasteiger partial charge on any atom is -0.454 e. The molecule has 1 aliphatic rings. The Balaban J connectivity index is 1.44. The Morgan fingerprint density at radius 2 is 2.11 bits per heavy atom. The van der Waals surface area contributed by atoms with Crippen molar-refractivity contribution in [2.75, 3.05) is 18.7 Å². The van der Waals surface area contributed by atoms with Crippen LogP contribution < -0.4 is 20.1 Å². The first kappa shape index (κ1) is 19.0. The van der Waals surface area contributed by atoms with Gasteiger partial charge in [0, 0.05) is 11.9 Å². The Morgan fingerprint density at radius 1 is 1.30 bits per heavy atom. The van der Waals surface area contributed by atoms with Gasteiger partial charge in [-0.15, -0.1) is 11.3 Å². The van der Waals surface area contributed by atoms with E-state index < -0.39 is 6.09 Å². The van der Waals surface area contributed by atoms with Crippen LogP contribution in [0.2, 0.25) is 0 Å². The highest BCUT2D eigenvalue weighted by Crippen LogP contribution is 2.32. The van der Waals surface area contributed by atoms with Crippen molar-refractivity contribution < 1.29 is 23.8 Å². The Bertz CT molecular complexity index is 821. The van der Waals surface area contributed by atoms with Crippen LogP contribution in [0.15, 0.2) is 23.6 Å². The maximum atomic E-state index is 12.1. The number of carbonyl (C=O) groups is 2. The predicted molar refractivity (Wildman–Crippen MR) is 100 cm³/mol. The number of nitrogens with zero attached hydrogens (tertiary/aromatic N) is 1. The summed E-state index contributed by atoms with van der Waals surface area (Å²) in [6.07, 6.45) is -0.416. The average Bonchev–Trinajstić information content (AvgIpc) is 3.27. The molecule has 2 heterocycles. The third-order valence-electron chi connectivity index (χ3n) is 3.58. The van der Waals surface area contributed by atoms with E-state index in [1.807, 2.05) is 32.0 Å². The van der Waals surface area contributed by atoms with Crippen LogP contribution in [0.5, 0.6) is 11.5 Å². The van der Waals surface area contributed by atoms with E-state index in [4.69, 9.17) is 14.2 Å². The summed E-state index contributed by atoms with van der Waals surface area (Å²) < 4.78 is 15.6. The van der Waals surface area contributed by atoms with Gasteiger partial charge in [0.1, 0.15) is 0 Å². The van der Waals surface area contributed by atoms with Crippen LogP contribution >= 0.6 is 11.3 Å². The van der Waals surface area contributed by atoms with Gasteiger partial charge < -0.3 is 19.5 Å². The molecule has 1 aromatic heterocycles. The molecule has 2 aromatic rings. The van der Waals surface area contributed by atoms with E-state index in [0.717, 1.165) is 5.56 Å². The fourth-order valence-electron chi connectivity index (χ4n) is 2.29. The highest BCUT2D eigenvalue weighted by atomic mass is 32.1. The zero-order chi connectivity index (χ0) is 19.2. The summed E-state index contributed by atoms with van der Waals surface area (Å²) in [6.45, 7) is 4.85. The van der Waals surface area contributed by atoms with E-state index in [1.54, 1.807) is 5.38 Å². The molecule has 1 aromatic carbocycles. The van der Waals surface area contributed by atoms with Crippen molar-refractivity contribution in [2.24, 2.45) is 5.92 Å². The second-order valence-corrected chi connectivity index (χ2v) is 7.26. The lowest BCUT2D eigenvalue weighted by Crippen LogP contribution is -2.24. The van der Waals surface area contributed by atoms with Gasteiger partial charge in [0.05, 0.1) is 18.7 Å². The minimum atomic E-state index is -0.545. The summed E-state index contributed by atoms with van der Waals surface area (Å²) >= 11 is 1.25.